The first-order chi connectivity index (χ1) is 7.91. The van der Waals surface area contributed by atoms with E-state index in [1.54, 1.807) is 0 Å². The zero-order chi connectivity index (χ0) is 13.0. The van der Waals surface area contributed by atoms with Crippen LogP contribution in [-0.2, 0) is 0 Å². The van der Waals surface area contributed by atoms with Crippen molar-refractivity contribution in [2.75, 3.05) is 6.54 Å². The van der Waals surface area contributed by atoms with Crippen LogP contribution in [0, 0.1) is 10.1 Å². The molecule has 0 bridgehead atoms. The van der Waals surface area contributed by atoms with Gasteiger partial charge in [0.25, 0.3) is 11.6 Å². The zero-order valence-corrected chi connectivity index (χ0v) is 10.2. The number of phenolic OH excluding ortho intramolecular Hbond substituents is 1. The first-order valence-electron chi connectivity index (χ1n) is 4.50. The predicted molar refractivity (Wildman–Crippen MR) is 65.2 cm³/mol. The molecule has 0 aromatic heterocycles. The third-order valence-corrected chi connectivity index (χ3v) is 2.14. The highest BCUT2D eigenvalue weighted by atomic mass is 79.9. The minimum atomic E-state index is -0.683. The van der Waals surface area contributed by atoms with Crippen LogP contribution in [0.2, 0.25) is 0 Å². The molecule has 1 aromatic carbocycles. The average molecular weight is 301 g/mol. The molecule has 1 rings (SSSR count). The Labute approximate surface area is 105 Å². The van der Waals surface area contributed by atoms with Crippen molar-refractivity contribution in [3.63, 3.8) is 0 Å². The second kappa shape index (κ2) is 5.44. The molecule has 6 nitrogen and oxygen atoms in total. The molecule has 0 aliphatic rings. The van der Waals surface area contributed by atoms with Gasteiger partial charge in [0.05, 0.1) is 4.92 Å². The van der Waals surface area contributed by atoms with Gasteiger partial charge in [-0.1, -0.05) is 22.5 Å². The lowest BCUT2D eigenvalue weighted by atomic mass is 10.1. The number of amides is 1. The molecule has 1 amide bonds. The van der Waals surface area contributed by atoms with Crippen LogP contribution < -0.4 is 5.32 Å². The Morgan fingerprint density at radius 2 is 2.24 bits per heavy atom. The number of nitrogens with zero attached hydrogens (tertiary/aromatic N) is 1. The van der Waals surface area contributed by atoms with Crippen LogP contribution in [0.4, 0.5) is 5.69 Å². The standard InChI is InChI=1S/C10H9BrN2O4/c1-6(11)5-12-10(15)8-4-7(14)2-3-9(8)13(16)17/h2-4,14H,1,5H2,(H,12,15). The summed E-state index contributed by atoms with van der Waals surface area (Å²) < 4.78 is 0.536. The van der Waals surface area contributed by atoms with Crippen LogP contribution in [0.3, 0.4) is 0 Å². The average Bonchev–Trinajstić information content (AvgIpc) is 2.25. The van der Waals surface area contributed by atoms with Crippen LogP contribution >= 0.6 is 15.9 Å². The van der Waals surface area contributed by atoms with E-state index >= 15 is 0 Å². The van der Waals surface area contributed by atoms with E-state index in [0.29, 0.717) is 4.48 Å². The smallest absolute Gasteiger partial charge is 0.282 e. The molecule has 0 spiro atoms. The lowest BCUT2D eigenvalue weighted by Gasteiger charge is -2.05. The summed E-state index contributed by atoms with van der Waals surface area (Å²) in [6, 6.07) is 3.27. The Kier molecular flexibility index (Phi) is 4.22. The van der Waals surface area contributed by atoms with E-state index in [2.05, 4.69) is 27.8 Å². The Balaban J connectivity index is 3.02. The van der Waals surface area contributed by atoms with Gasteiger partial charge in [0, 0.05) is 17.1 Å². The Hall–Kier alpha value is -1.89. The number of carbonyl (C=O) groups excluding carboxylic acids is 1. The van der Waals surface area contributed by atoms with Gasteiger partial charge in [-0.05, 0) is 12.1 Å². The van der Waals surface area contributed by atoms with Crippen molar-refractivity contribution in [3.8, 4) is 5.75 Å². The summed E-state index contributed by atoms with van der Waals surface area (Å²) in [5.41, 5.74) is -0.552. The van der Waals surface area contributed by atoms with Crippen molar-refractivity contribution in [2.45, 2.75) is 0 Å². The number of phenols is 1. The van der Waals surface area contributed by atoms with E-state index < -0.39 is 10.8 Å². The minimum Gasteiger partial charge on any atom is -0.508 e. The topological polar surface area (TPSA) is 92.5 Å². The number of nitro groups is 1. The lowest BCUT2D eigenvalue weighted by molar-refractivity contribution is -0.385. The molecule has 0 unspecified atom stereocenters. The molecule has 0 saturated carbocycles. The summed E-state index contributed by atoms with van der Waals surface area (Å²) in [5, 5.41) is 22.3. The third kappa shape index (κ3) is 3.56. The maximum absolute atomic E-state index is 11.6. The van der Waals surface area contributed by atoms with E-state index in [0.717, 1.165) is 18.2 Å². The van der Waals surface area contributed by atoms with Gasteiger partial charge >= 0.3 is 0 Å². The molecular formula is C10H9BrN2O4. The van der Waals surface area contributed by atoms with Crippen LogP contribution in [0.1, 0.15) is 10.4 Å². The van der Waals surface area contributed by atoms with Gasteiger partial charge in [-0.25, -0.2) is 0 Å². The Bertz CT molecular complexity index is 487. The first-order valence-corrected chi connectivity index (χ1v) is 5.30. The molecular weight excluding hydrogens is 292 g/mol. The maximum Gasteiger partial charge on any atom is 0.282 e. The molecule has 2 N–H and O–H groups in total. The number of nitrogens with one attached hydrogen (secondary N) is 1. The fraction of sp³-hybridized carbons (Fsp3) is 0.100. The van der Waals surface area contributed by atoms with E-state index in [9.17, 15) is 20.0 Å². The molecule has 90 valence electrons. The Morgan fingerprint density at radius 3 is 2.76 bits per heavy atom. The van der Waals surface area contributed by atoms with Crippen LogP contribution in [0.5, 0.6) is 5.75 Å². The molecule has 0 atom stereocenters. The van der Waals surface area contributed by atoms with Crippen LogP contribution in [0.15, 0.2) is 29.3 Å². The summed E-state index contributed by atoms with van der Waals surface area (Å²) in [6.45, 7) is 3.66. The van der Waals surface area contributed by atoms with Gasteiger partial charge in [0.15, 0.2) is 0 Å². The van der Waals surface area contributed by atoms with Crippen molar-refractivity contribution in [1.29, 1.82) is 0 Å². The number of aromatic hydroxyl groups is 1. The molecule has 0 aliphatic heterocycles. The predicted octanol–water partition coefficient (Wildman–Crippen LogP) is 1.94. The molecule has 0 saturated heterocycles. The monoisotopic (exact) mass is 300 g/mol. The molecule has 0 fully saturated rings. The minimum absolute atomic E-state index is 0.144. The second-order valence-corrected chi connectivity index (χ2v) is 4.28. The first kappa shape index (κ1) is 13.2. The number of rotatable bonds is 4. The van der Waals surface area contributed by atoms with Crippen molar-refractivity contribution in [3.05, 3.63) is 44.9 Å². The maximum atomic E-state index is 11.6. The number of hydrogen-bond acceptors (Lipinski definition) is 4. The highest BCUT2D eigenvalue weighted by molar-refractivity contribution is 9.11. The van der Waals surface area contributed by atoms with Crippen molar-refractivity contribution >= 4 is 27.5 Å². The highest BCUT2D eigenvalue weighted by Gasteiger charge is 2.20. The van der Waals surface area contributed by atoms with Crippen molar-refractivity contribution in [1.82, 2.24) is 5.32 Å². The van der Waals surface area contributed by atoms with Gasteiger partial charge < -0.3 is 10.4 Å². The number of halogens is 1. The van der Waals surface area contributed by atoms with Gasteiger partial charge in [0.1, 0.15) is 11.3 Å². The molecule has 0 aliphatic carbocycles. The number of benzene rings is 1. The van der Waals surface area contributed by atoms with Crippen molar-refractivity contribution in [2.24, 2.45) is 0 Å². The van der Waals surface area contributed by atoms with E-state index in [4.69, 9.17) is 0 Å². The summed E-state index contributed by atoms with van der Waals surface area (Å²) >= 11 is 3.04. The molecule has 0 heterocycles. The van der Waals surface area contributed by atoms with Gasteiger partial charge in [-0.2, -0.15) is 0 Å². The van der Waals surface area contributed by atoms with Gasteiger partial charge in [-0.15, -0.1) is 0 Å². The van der Waals surface area contributed by atoms with Gasteiger partial charge in [0.2, 0.25) is 0 Å². The fourth-order valence-corrected chi connectivity index (χ4v) is 1.28. The number of nitro benzene ring substituents is 1. The van der Waals surface area contributed by atoms with E-state index in [1.807, 2.05) is 0 Å². The fourth-order valence-electron chi connectivity index (χ4n) is 1.14. The second-order valence-electron chi connectivity index (χ2n) is 3.16. The molecule has 7 heteroatoms. The molecule has 1 aromatic rings. The SMILES string of the molecule is C=C(Br)CNC(=O)c1cc(O)ccc1[N+](=O)[O-]. The lowest BCUT2D eigenvalue weighted by Crippen LogP contribution is -2.25. The third-order valence-electron chi connectivity index (χ3n) is 1.86. The molecule has 17 heavy (non-hydrogen) atoms. The number of hydrogen-bond donors (Lipinski definition) is 2. The Morgan fingerprint density at radius 1 is 1.59 bits per heavy atom. The van der Waals surface area contributed by atoms with E-state index in [-0.39, 0.29) is 23.5 Å². The summed E-state index contributed by atoms with van der Waals surface area (Å²) in [6.07, 6.45) is 0. The normalized spacial score (nSPS) is 9.71. The summed E-state index contributed by atoms with van der Waals surface area (Å²) in [7, 11) is 0. The van der Waals surface area contributed by atoms with Crippen LogP contribution in [0.25, 0.3) is 0 Å². The van der Waals surface area contributed by atoms with Crippen molar-refractivity contribution < 1.29 is 14.8 Å². The quantitative estimate of drug-likeness (QED) is 0.656. The highest BCUT2D eigenvalue weighted by Crippen LogP contribution is 2.23. The van der Waals surface area contributed by atoms with E-state index in [1.165, 1.54) is 0 Å². The number of carbonyl (C=O) groups is 1. The summed E-state index contributed by atoms with van der Waals surface area (Å²) in [4.78, 5) is 21.6. The van der Waals surface area contributed by atoms with Gasteiger partial charge in [-0.3, -0.25) is 14.9 Å². The zero-order valence-electron chi connectivity index (χ0n) is 8.64. The largest absolute Gasteiger partial charge is 0.508 e. The van der Waals surface area contributed by atoms with Crippen LogP contribution in [-0.4, -0.2) is 22.5 Å². The molecule has 0 radical (unpaired) electrons. The summed E-state index contributed by atoms with van der Waals surface area (Å²) in [5.74, 6) is -0.855.